The number of carbonyl (C=O) groups is 1. The fraction of sp³-hybridized carbons (Fsp3) is 0.409. The summed E-state index contributed by atoms with van der Waals surface area (Å²) in [6, 6.07) is 12.4. The smallest absolute Gasteiger partial charge is 0.261 e. The molecule has 0 spiro atoms. The van der Waals surface area contributed by atoms with Gasteiger partial charge in [-0.05, 0) is 61.1 Å². The monoisotopic (exact) mass is 414 g/mol. The van der Waals surface area contributed by atoms with Gasteiger partial charge in [-0.3, -0.25) is 9.52 Å². The van der Waals surface area contributed by atoms with Crippen molar-refractivity contribution < 1.29 is 17.9 Å². The van der Waals surface area contributed by atoms with E-state index in [0.29, 0.717) is 18.8 Å². The van der Waals surface area contributed by atoms with E-state index in [1.54, 1.807) is 29.2 Å². The van der Waals surface area contributed by atoms with Crippen LogP contribution in [0.4, 0.5) is 11.4 Å². The van der Waals surface area contributed by atoms with E-state index in [4.69, 9.17) is 4.74 Å². The lowest BCUT2D eigenvalue weighted by Gasteiger charge is -2.21. The molecule has 154 valence electrons. The topological polar surface area (TPSA) is 75.7 Å². The van der Waals surface area contributed by atoms with Gasteiger partial charge in [-0.25, -0.2) is 8.42 Å². The van der Waals surface area contributed by atoms with Crippen LogP contribution in [0, 0.1) is 0 Å². The van der Waals surface area contributed by atoms with Crippen molar-refractivity contribution in [2.45, 2.75) is 50.0 Å². The maximum atomic E-state index is 12.8. The number of rotatable bonds is 6. The highest BCUT2D eigenvalue weighted by atomic mass is 32.2. The molecule has 2 heterocycles. The van der Waals surface area contributed by atoms with Gasteiger partial charge in [0, 0.05) is 18.8 Å². The Kier molecular flexibility index (Phi) is 5.61. The van der Waals surface area contributed by atoms with Gasteiger partial charge >= 0.3 is 0 Å². The van der Waals surface area contributed by atoms with Gasteiger partial charge < -0.3 is 9.64 Å². The maximum absolute atomic E-state index is 12.8. The maximum Gasteiger partial charge on any atom is 0.261 e. The van der Waals surface area contributed by atoms with Gasteiger partial charge in [-0.1, -0.05) is 31.5 Å². The second-order valence-electron chi connectivity index (χ2n) is 7.58. The number of ether oxygens (including phenoxy) is 1. The van der Waals surface area contributed by atoms with Gasteiger partial charge in [0.2, 0.25) is 0 Å². The van der Waals surface area contributed by atoms with Crippen LogP contribution >= 0.6 is 0 Å². The van der Waals surface area contributed by atoms with Crippen molar-refractivity contribution >= 4 is 27.3 Å². The molecule has 0 aliphatic carbocycles. The van der Waals surface area contributed by atoms with Crippen LogP contribution < -0.4 is 9.62 Å². The van der Waals surface area contributed by atoms with Gasteiger partial charge in [0.1, 0.15) is 6.10 Å². The zero-order valence-electron chi connectivity index (χ0n) is 16.6. The number of benzene rings is 2. The van der Waals surface area contributed by atoms with E-state index in [-0.39, 0.29) is 16.9 Å². The van der Waals surface area contributed by atoms with Crippen LogP contribution in [0.1, 0.15) is 37.3 Å². The summed E-state index contributed by atoms with van der Waals surface area (Å²) in [7, 11) is -3.69. The summed E-state index contributed by atoms with van der Waals surface area (Å²) in [5.41, 5.74) is 3.38. The number of hydrogen-bond donors (Lipinski definition) is 1. The number of nitrogens with zero attached hydrogens (tertiary/aromatic N) is 1. The molecule has 2 aliphatic heterocycles. The second-order valence-corrected chi connectivity index (χ2v) is 9.27. The number of sulfonamides is 1. The van der Waals surface area contributed by atoms with E-state index in [9.17, 15) is 13.2 Å². The van der Waals surface area contributed by atoms with Crippen LogP contribution in [-0.2, 0) is 32.4 Å². The van der Waals surface area contributed by atoms with Gasteiger partial charge in [-0.2, -0.15) is 0 Å². The Morgan fingerprint density at radius 3 is 2.69 bits per heavy atom. The minimum atomic E-state index is -3.69. The van der Waals surface area contributed by atoms with E-state index >= 15 is 0 Å². The van der Waals surface area contributed by atoms with Crippen molar-refractivity contribution in [2.75, 3.05) is 22.8 Å². The summed E-state index contributed by atoms with van der Waals surface area (Å²) < 4.78 is 33.8. The third-order valence-electron chi connectivity index (χ3n) is 5.48. The zero-order valence-corrected chi connectivity index (χ0v) is 17.4. The largest absolute Gasteiger partial charge is 0.368 e. The Labute approximate surface area is 171 Å². The predicted octanol–water partition coefficient (Wildman–Crippen LogP) is 3.51. The lowest BCUT2D eigenvalue weighted by molar-refractivity contribution is -0.127. The van der Waals surface area contributed by atoms with Gasteiger partial charge in [0.25, 0.3) is 15.9 Å². The fourth-order valence-corrected chi connectivity index (χ4v) is 5.01. The normalized spacial score (nSPS) is 18.7. The zero-order chi connectivity index (χ0) is 20.4. The van der Waals surface area contributed by atoms with Crippen LogP contribution in [0.3, 0.4) is 0 Å². The van der Waals surface area contributed by atoms with E-state index in [2.05, 4.69) is 11.6 Å². The summed E-state index contributed by atoms with van der Waals surface area (Å²) in [4.78, 5) is 14.7. The molecule has 4 rings (SSSR count). The molecule has 2 aromatic rings. The summed E-state index contributed by atoms with van der Waals surface area (Å²) in [6.07, 6.45) is 3.95. The van der Waals surface area contributed by atoms with Crippen molar-refractivity contribution in [3.8, 4) is 0 Å². The molecule has 0 aromatic heterocycles. The molecular weight excluding hydrogens is 388 g/mol. The first-order valence-corrected chi connectivity index (χ1v) is 11.6. The summed E-state index contributed by atoms with van der Waals surface area (Å²) in [5, 5.41) is 0. The number of aryl methyl sites for hydroxylation is 1. The number of hydrogen-bond acceptors (Lipinski definition) is 4. The Balaban J connectivity index is 1.54. The number of anilines is 2. The van der Waals surface area contributed by atoms with Crippen LogP contribution in [0.2, 0.25) is 0 Å². The molecule has 7 heteroatoms. The van der Waals surface area contributed by atoms with Gasteiger partial charge in [0.05, 0.1) is 10.6 Å². The predicted molar refractivity (Wildman–Crippen MR) is 113 cm³/mol. The fourth-order valence-electron chi connectivity index (χ4n) is 3.96. The SMILES string of the molecule is CCCc1ccc(S(=O)(=O)Nc2ccc3c(c2)N(C(=O)C2CCCO2)CC3)cc1. The highest BCUT2D eigenvalue weighted by molar-refractivity contribution is 7.92. The number of amides is 1. The molecule has 1 unspecified atom stereocenters. The van der Waals surface area contributed by atoms with E-state index in [1.165, 1.54) is 0 Å². The Morgan fingerprint density at radius 2 is 2.00 bits per heavy atom. The van der Waals surface area contributed by atoms with Crippen molar-refractivity contribution in [3.05, 3.63) is 53.6 Å². The van der Waals surface area contributed by atoms with Crippen LogP contribution in [0.5, 0.6) is 0 Å². The Bertz CT molecular complexity index is 996. The number of carbonyl (C=O) groups excluding carboxylic acids is 1. The highest BCUT2D eigenvalue weighted by Gasteiger charge is 2.33. The molecule has 2 aromatic carbocycles. The standard InChI is InChI=1S/C22H26N2O4S/c1-2-4-16-6-10-19(11-7-16)29(26,27)23-18-9-8-17-12-13-24(20(17)15-18)22(25)21-5-3-14-28-21/h6-11,15,21,23H,2-5,12-14H2,1H3. The molecular formula is C22H26N2O4S. The summed E-state index contributed by atoms with van der Waals surface area (Å²) in [5.74, 6) is -0.0345. The van der Waals surface area contributed by atoms with Crippen LogP contribution in [-0.4, -0.2) is 33.6 Å². The molecule has 0 radical (unpaired) electrons. The van der Waals surface area contributed by atoms with Crippen molar-refractivity contribution in [3.63, 3.8) is 0 Å². The number of fused-ring (bicyclic) bond motifs is 1. The van der Waals surface area contributed by atoms with Crippen molar-refractivity contribution in [2.24, 2.45) is 0 Å². The molecule has 1 saturated heterocycles. The lowest BCUT2D eigenvalue weighted by atomic mass is 10.1. The highest BCUT2D eigenvalue weighted by Crippen LogP contribution is 2.33. The van der Waals surface area contributed by atoms with Gasteiger partial charge in [0.15, 0.2) is 0 Å². The Hall–Kier alpha value is -2.38. The first-order chi connectivity index (χ1) is 14.0. The van der Waals surface area contributed by atoms with Crippen molar-refractivity contribution in [1.29, 1.82) is 0 Å². The van der Waals surface area contributed by atoms with E-state index in [1.807, 2.05) is 18.2 Å². The third kappa shape index (κ3) is 4.16. The first-order valence-electron chi connectivity index (χ1n) is 10.2. The summed E-state index contributed by atoms with van der Waals surface area (Å²) >= 11 is 0. The third-order valence-corrected chi connectivity index (χ3v) is 6.87. The van der Waals surface area contributed by atoms with Gasteiger partial charge in [-0.15, -0.1) is 0 Å². The molecule has 2 aliphatic rings. The molecule has 29 heavy (non-hydrogen) atoms. The molecule has 1 atom stereocenters. The minimum absolute atomic E-state index is 0.0345. The molecule has 1 N–H and O–H groups in total. The molecule has 1 amide bonds. The molecule has 1 fully saturated rings. The number of nitrogens with one attached hydrogen (secondary N) is 1. The van der Waals surface area contributed by atoms with E-state index in [0.717, 1.165) is 48.9 Å². The summed E-state index contributed by atoms with van der Waals surface area (Å²) in [6.45, 7) is 3.31. The lowest BCUT2D eigenvalue weighted by Crippen LogP contribution is -2.37. The quantitative estimate of drug-likeness (QED) is 0.785. The minimum Gasteiger partial charge on any atom is -0.368 e. The molecule has 0 bridgehead atoms. The van der Waals surface area contributed by atoms with Crippen LogP contribution in [0.25, 0.3) is 0 Å². The average Bonchev–Trinajstić information content (AvgIpc) is 3.38. The van der Waals surface area contributed by atoms with Crippen LogP contribution in [0.15, 0.2) is 47.4 Å². The van der Waals surface area contributed by atoms with Crippen molar-refractivity contribution in [1.82, 2.24) is 0 Å². The molecule has 0 saturated carbocycles. The Morgan fingerprint density at radius 1 is 1.21 bits per heavy atom. The second kappa shape index (κ2) is 8.16. The van der Waals surface area contributed by atoms with E-state index < -0.39 is 10.0 Å². The molecule has 6 nitrogen and oxygen atoms in total. The first kappa shape index (κ1) is 19.9. The average molecular weight is 415 g/mol.